The van der Waals surface area contributed by atoms with E-state index >= 15 is 0 Å². The van der Waals surface area contributed by atoms with Gasteiger partial charge in [-0.15, -0.1) is 0 Å². The van der Waals surface area contributed by atoms with E-state index in [-0.39, 0.29) is 24.4 Å². The Balaban J connectivity index is 2.03. The second kappa shape index (κ2) is 11.2. The Morgan fingerprint density at radius 3 is 2.32 bits per heavy atom. The topological polar surface area (TPSA) is 111 Å². The zero-order chi connectivity index (χ0) is 24.7. The maximum absolute atomic E-state index is 13.1. The highest BCUT2D eigenvalue weighted by atomic mass is 16.5. The van der Waals surface area contributed by atoms with Crippen LogP contribution in [-0.4, -0.2) is 56.0 Å². The van der Waals surface area contributed by atoms with Crippen molar-refractivity contribution in [2.24, 2.45) is 0 Å². The number of para-hydroxylation sites is 1. The van der Waals surface area contributed by atoms with Crippen LogP contribution in [0.1, 0.15) is 22.8 Å². The van der Waals surface area contributed by atoms with Gasteiger partial charge in [0.1, 0.15) is 5.70 Å². The molecule has 0 radical (unpaired) electrons. The lowest BCUT2D eigenvalue weighted by molar-refractivity contribution is -0.117. The summed E-state index contributed by atoms with van der Waals surface area (Å²) in [6, 6.07) is 10.8. The van der Waals surface area contributed by atoms with Crippen LogP contribution < -0.4 is 24.8 Å². The molecule has 0 aliphatic carbocycles. The summed E-state index contributed by atoms with van der Waals surface area (Å²) in [6.45, 7) is 2.60. The minimum Gasteiger partial charge on any atom is -0.493 e. The number of benzene rings is 2. The number of aliphatic hydroxyl groups excluding tert-OH is 1. The monoisotopic (exact) mass is 467 g/mol. The molecule has 1 heterocycles. The molecule has 1 aromatic heterocycles. The molecule has 2 aromatic carbocycles. The zero-order valence-electron chi connectivity index (χ0n) is 19.7. The van der Waals surface area contributed by atoms with Crippen LogP contribution in [0.2, 0.25) is 0 Å². The fourth-order valence-electron chi connectivity index (χ4n) is 3.64. The Kier molecular flexibility index (Phi) is 8.15. The molecule has 3 N–H and O–H groups in total. The summed E-state index contributed by atoms with van der Waals surface area (Å²) < 4.78 is 18.0. The van der Waals surface area contributed by atoms with Gasteiger partial charge in [-0.25, -0.2) is 0 Å². The summed E-state index contributed by atoms with van der Waals surface area (Å²) in [5, 5.41) is 15.4. The number of methoxy groups -OCH3 is 3. The third-order valence-electron chi connectivity index (χ3n) is 5.28. The first-order valence-corrected chi connectivity index (χ1v) is 10.8. The third-order valence-corrected chi connectivity index (χ3v) is 5.28. The molecule has 180 valence electrons. The van der Waals surface area contributed by atoms with Gasteiger partial charge in [0, 0.05) is 41.3 Å². The van der Waals surface area contributed by atoms with Gasteiger partial charge in [-0.3, -0.25) is 9.59 Å². The van der Waals surface area contributed by atoms with Crippen LogP contribution in [0.3, 0.4) is 0 Å². The fourth-order valence-corrected chi connectivity index (χ4v) is 3.64. The van der Waals surface area contributed by atoms with E-state index in [1.165, 1.54) is 33.5 Å². The normalized spacial score (nSPS) is 11.3. The van der Waals surface area contributed by atoms with Gasteiger partial charge < -0.3 is 34.5 Å². The molecule has 0 spiro atoms. The average molecular weight is 468 g/mol. The SMILES string of the molecule is CCn1cc(/C=C(\NC(=O)c2cc(OC)c(OC)c(OC)c2)C(=O)NCCO)c2ccccc21. The van der Waals surface area contributed by atoms with Crippen molar-refractivity contribution in [2.75, 3.05) is 34.5 Å². The first-order chi connectivity index (χ1) is 16.5. The van der Waals surface area contributed by atoms with Crippen LogP contribution >= 0.6 is 0 Å². The number of aliphatic hydroxyl groups is 1. The minimum absolute atomic E-state index is 0.0335. The van der Waals surface area contributed by atoms with E-state index in [2.05, 4.69) is 15.2 Å². The van der Waals surface area contributed by atoms with Crippen molar-refractivity contribution < 1.29 is 28.9 Å². The number of hydrogen-bond acceptors (Lipinski definition) is 6. The van der Waals surface area contributed by atoms with Crippen LogP contribution in [0.5, 0.6) is 17.2 Å². The summed E-state index contributed by atoms with van der Waals surface area (Å²) >= 11 is 0. The van der Waals surface area contributed by atoms with Gasteiger partial charge in [0.05, 0.1) is 27.9 Å². The Morgan fingerprint density at radius 2 is 1.74 bits per heavy atom. The largest absolute Gasteiger partial charge is 0.493 e. The van der Waals surface area contributed by atoms with Crippen LogP contribution in [0.15, 0.2) is 48.3 Å². The number of rotatable bonds is 10. The molecular weight excluding hydrogens is 438 g/mol. The lowest BCUT2D eigenvalue weighted by Crippen LogP contribution is -2.36. The van der Waals surface area contributed by atoms with Crippen molar-refractivity contribution in [1.82, 2.24) is 15.2 Å². The zero-order valence-corrected chi connectivity index (χ0v) is 19.7. The van der Waals surface area contributed by atoms with Gasteiger partial charge in [-0.2, -0.15) is 0 Å². The lowest BCUT2D eigenvalue weighted by Gasteiger charge is -2.15. The van der Waals surface area contributed by atoms with E-state index in [4.69, 9.17) is 19.3 Å². The second-order valence-corrected chi connectivity index (χ2v) is 7.29. The predicted molar refractivity (Wildman–Crippen MR) is 129 cm³/mol. The average Bonchev–Trinajstić information content (AvgIpc) is 3.23. The Bertz CT molecular complexity index is 1190. The van der Waals surface area contributed by atoms with Gasteiger partial charge in [0.15, 0.2) is 11.5 Å². The van der Waals surface area contributed by atoms with Crippen molar-refractivity contribution in [2.45, 2.75) is 13.5 Å². The summed E-state index contributed by atoms with van der Waals surface area (Å²) in [4.78, 5) is 26.0. The molecule has 0 unspecified atom stereocenters. The molecule has 0 saturated heterocycles. The number of amides is 2. The van der Waals surface area contributed by atoms with Gasteiger partial charge >= 0.3 is 0 Å². The highest BCUT2D eigenvalue weighted by molar-refractivity contribution is 6.07. The van der Waals surface area contributed by atoms with Crippen LogP contribution in [0.4, 0.5) is 0 Å². The van der Waals surface area contributed by atoms with Crippen molar-refractivity contribution in [3.63, 3.8) is 0 Å². The summed E-state index contributed by atoms with van der Waals surface area (Å²) in [6.07, 6.45) is 3.55. The molecule has 0 atom stereocenters. The fraction of sp³-hybridized carbons (Fsp3) is 0.280. The van der Waals surface area contributed by atoms with Crippen LogP contribution in [-0.2, 0) is 11.3 Å². The molecule has 34 heavy (non-hydrogen) atoms. The highest BCUT2D eigenvalue weighted by Gasteiger charge is 2.20. The number of aryl methyl sites for hydroxylation is 1. The van der Waals surface area contributed by atoms with Crippen molar-refractivity contribution >= 4 is 28.8 Å². The summed E-state index contributed by atoms with van der Waals surface area (Å²) in [7, 11) is 4.38. The Labute approximate surface area is 197 Å². The van der Waals surface area contributed by atoms with E-state index < -0.39 is 11.8 Å². The molecule has 0 bridgehead atoms. The van der Waals surface area contributed by atoms with Crippen molar-refractivity contribution in [3.05, 3.63) is 59.4 Å². The van der Waals surface area contributed by atoms with E-state index in [9.17, 15) is 9.59 Å². The summed E-state index contributed by atoms with van der Waals surface area (Å²) in [5.41, 5.74) is 2.04. The van der Waals surface area contributed by atoms with Crippen LogP contribution in [0.25, 0.3) is 17.0 Å². The second-order valence-electron chi connectivity index (χ2n) is 7.29. The number of nitrogens with zero attached hydrogens (tertiary/aromatic N) is 1. The van der Waals surface area contributed by atoms with Gasteiger partial charge in [0.2, 0.25) is 5.75 Å². The molecule has 2 amide bonds. The number of carbonyl (C=O) groups is 2. The molecule has 0 fully saturated rings. The van der Waals surface area contributed by atoms with E-state index in [0.717, 1.165) is 23.0 Å². The summed E-state index contributed by atoms with van der Waals surface area (Å²) in [5.74, 6) is -0.0843. The Hall–Kier alpha value is -3.98. The maximum atomic E-state index is 13.1. The number of fused-ring (bicyclic) bond motifs is 1. The van der Waals surface area contributed by atoms with Gasteiger partial charge in [-0.1, -0.05) is 18.2 Å². The first kappa shape index (κ1) is 24.7. The number of ether oxygens (including phenoxy) is 3. The first-order valence-electron chi connectivity index (χ1n) is 10.8. The standard InChI is InChI=1S/C25H29N3O6/c1-5-28-15-17(18-8-6-7-9-20(18)28)12-19(25(31)26-10-11-29)27-24(30)16-13-21(32-2)23(34-4)22(14-16)33-3/h6-9,12-15,29H,5,10-11H2,1-4H3,(H,26,31)(H,27,30)/b19-12-. The van der Waals surface area contributed by atoms with E-state index in [0.29, 0.717) is 17.2 Å². The van der Waals surface area contributed by atoms with E-state index in [1.807, 2.05) is 37.4 Å². The van der Waals surface area contributed by atoms with E-state index in [1.54, 1.807) is 6.08 Å². The molecular formula is C25H29N3O6. The van der Waals surface area contributed by atoms with Crippen LogP contribution in [0, 0.1) is 0 Å². The number of carbonyl (C=O) groups excluding carboxylic acids is 2. The van der Waals surface area contributed by atoms with Gasteiger partial charge in [0.25, 0.3) is 11.8 Å². The van der Waals surface area contributed by atoms with Crippen molar-refractivity contribution in [3.8, 4) is 17.2 Å². The lowest BCUT2D eigenvalue weighted by atomic mass is 10.1. The molecule has 9 nitrogen and oxygen atoms in total. The molecule has 0 aliphatic heterocycles. The quantitative estimate of drug-likeness (QED) is 0.395. The minimum atomic E-state index is -0.538. The molecule has 9 heteroatoms. The molecule has 3 rings (SSSR count). The molecule has 0 saturated carbocycles. The maximum Gasteiger partial charge on any atom is 0.267 e. The molecule has 3 aromatic rings. The smallest absolute Gasteiger partial charge is 0.267 e. The third kappa shape index (κ3) is 5.15. The number of nitrogens with one attached hydrogen (secondary N) is 2. The predicted octanol–water partition coefficient (Wildman–Crippen LogP) is 2.57. The highest BCUT2D eigenvalue weighted by Crippen LogP contribution is 2.38. The van der Waals surface area contributed by atoms with Gasteiger partial charge in [-0.05, 0) is 31.2 Å². The molecule has 0 aliphatic rings. The number of aromatic nitrogens is 1. The Morgan fingerprint density at radius 1 is 1.06 bits per heavy atom. The van der Waals surface area contributed by atoms with Crippen molar-refractivity contribution in [1.29, 1.82) is 0 Å². The number of hydrogen-bond donors (Lipinski definition) is 3.